The highest BCUT2D eigenvalue weighted by Crippen LogP contribution is 2.37. The van der Waals surface area contributed by atoms with E-state index < -0.39 is 11.8 Å². The number of ether oxygens (including phenoxy) is 2. The largest absolute Gasteiger partial charge is 0.493 e. The molecule has 24 heavy (non-hydrogen) atoms. The summed E-state index contributed by atoms with van der Waals surface area (Å²) in [6, 6.07) is 3.12. The molecule has 0 aromatic heterocycles. The highest BCUT2D eigenvalue weighted by molar-refractivity contribution is 7.80. The van der Waals surface area contributed by atoms with E-state index >= 15 is 0 Å². The van der Waals surface area contributed by atoms with E-state index in [2.05, 4.69) is 11.2 Å². The van der Waals surface area contributed by atoms with Crippen molar-refractivity contribution in [3.63, 3.8) is 0 Å². The number of rotatable bonds is 4. The number of carbonyl (C=O) groups excluding carboxylic acids is 2. The number of carbonyl (C=O) groups is 2. The number of thiocarbonyl (C=S) groups is 1. The number of hydrogen-bond donors (Lipinski definition) is 1. The summed E-state index contributed by atoms with van der Waals surface area (Å²) in [6.45, 7) is 0.0274. The van der Waals surface area contributed by atoms with Crippen LogP contribution in [0.1, 0.15) is 5.56 Å². The lowest BCUT2D eigenvalue weighted by Crippen LogP contribution is -2.52. The molecule has 0 saturated carbocycles. The van der Waals surface area contributed by atoms with E-state index in [4.69, 9.17) is 39.7 Å². The summed E-state index contributed by atoms with van der Waals surface area (Å²) in [6.07, 6.45) is 6.56. The molecule has 124 valence electrons. The molecule has 0 radical (unpaired) electrons. The van der Waals surface area contributed by atoms with Crippen molar-refractivity contribution < 1.29 is 19.1 Å². The van der Waals surface area contributed by atoms with E-state index in [0.29, 0.717) is 11.3 Å². The van der Waals surface area contributed by atoms with Gasteiger partial charge in [0.15, 0.2) is 16.6 Å². The number of hydrogen-bond acceptors (Lipinski definition) is 5. The molecule has 1 saturated heterocycles. The van der Waals surface area contributed by atoms with Gasteiger partial charge in [0.25, 0.3) is 11.8 Å². The van der Waals surface area contributed by atoms with Crippen LogP contribution in [0, 0.1) is 12.3 Å². The average molecular weight is 365 g/mol. The highest BCUT2D eigenvalue weighted by Gasteiger charge is 2.30. The minimum atomic E-state index is -0.578. The third kappa shape index (κ3) is 3.50. The minimum absolute atomic E-state index is 0.0274. The maximum Gasteiger partial charge on any atom is 0.265 e. The van der Waals surface area contributed by atoms with Crippen molar-refractivity contribution in [2.45, 2.75) is 0 Å². The Kier molecular flexibility index (Phi) is 5.44. The Morgan fingerprint density at radius 2 is 2.17 bits per heavy atom. The van der Waals surface area contributed by atoms with Gasteiger partial charge in [0.2, 0.25) is 0 Å². The molecule has 0 atom stereocenters. The monoisotopic (exact) mass is 364 g/mol. The third-order valence-corrected chi connectivity index (χ3v) is 3.82. The fraction of sp³-hybridized carbons (Fsp3) is 0.188. The second kappa shape index (κ2) is 7.34. The summed E-state index contributed by atoms with van der Waals surface area (Å²) in [5.74, 6) is 1.87. The molecular weight excluding hydrogens is 352 g/mol. The number of likely N-dealkylation sites (N-methyl/N-ethyl adjacent to an activating group) is 1. The normalized spacial score (nSPS) is 16.0. The molecule has 0 unspecified atom stereocenters. The molecule has 1 heterocycles. The van der Waals surface area contributed by atoms with Crippen LogP contribution in [0.3, 0.4) is 0 Å². The molecule has 1 aliphatic rings. The van der Waals surface area contributed by atoms with Gasteiger partial charge < -0.3 is 9.47 Å². The zero-order valence-electron chi connectivity index (χ0n) is 12.9. The lowest BCUT2D eigenvalue weighted by molar-refractivity contribution is -0.128. The van der Waals surface area contributed by atoms with E-state index in [-0.39, 0.29) is 28.1 Å². The maximum absolute atomic E-state index is 12.2. The predicted molar refractivity (Wildman–Crippen MR) is 93.8 cm³/mol. The van der Waals surface area contributed by atoms with Crippen molar-refractivity contribution >= 4 is 46.8 Å². The molecule has 2 amide bonds. The molecule has 1 aliphatic heterocycles. The van der Waals surface area contributed by atoms with Crippen LogP contribution in [0.25, 0.3) is 6.08 Å². The standard InChI is InChI=1S/C16H13ClN2O4S/c1-4-5-23-13-11(17)7-9(8-12(13)22-3)6-10-14(20)18-16(24)19(2)15(10)21/h1,6-8H,5H2,2-3H3,(H,18,20,24)/b10-6+. The number of halogens is 1. The quantitative estimate of drug-likeness (QED) is 0.380. The van der Waals surface area contributed by atoms with Crippen LogP contribution in [0.15, 0.2) is 17.7 Å². The molecular formula is C16H13ClN2O4S. The molecule has 8 heteroatoms. The Balaban J connectivity index is 2.44. The van der Waals surface area contributed by atoms with E-state index in [1.807, 2.05) is 0 Å². The Bertz CT molecular complexity index is 798. The average Bonchev–Trinajstić information content (AvgIpc) is 2.55. The van der Waals surface area contributed by atoms with Crippen molar-refractivity contribution in [3.8, 4) is 23.8 Å². The molecule has 0 bridgehead atoms. The Morgan fingerprint density at radius 1 is 1.46 bits per heavy atom. The number of amides is 2. The Labute approximate surface area is 149 Å². The third-order valence-electron chi connectivity index (χ3n) is 3.17. The molecule has 1 aromatic carbocycles. The predicted octanol–water partition coefficient (Wildman–Crippen LogP) is 1.62. The zero-order chi connectivity index (χ0) is 17.9. The Hall–Kier alpha value is -2.56. The first-order valence-corrected chi connectivity index (χ1v) is 7.46. The van der Waals surface area contributed by atoms with Gasteiger partial charge in [0, 0.05) is 7.05 Å². The summed E-state index contributed by atoms with van der Waals surface area (Å²) in [5, 5.41) is 2.72. The van der Waals surface area contributed by atoms with Crippen molar-refractivity contribution in [2.75, 3.05) is 20.8 Å². The van der Waals surface area contributed by atoms with Crippen molar-refractivity contribution in [1.29, 1.82) is 0 Å². The summed E-state index contributed by atoms with van der Waals surface area (Å²) in [7, 11) is 2.91. The van der Waals surface area contributed by atoms with E-state index in [9.17, 15) is 9.59 Å². The van der Waals surface area contributed by atoms with Crippen LogP contribution in [-0.2, 0) is 9.59 Å². The van der Waals surface area contributed by atoms with E-state index in [1.54, 1.807) is 6.07 Å². The molecule has 6 nitrogen and oxygen atoms in total. The highest BCUT2D eigenvalue weighted by atomic mass is 35.5. The number of benzene rings is 1. The van der Waals surface area contributed by atoms with Gasteiger partial charge in [0.1, 0.15) is 12.2 Å². The molecule has 1 N–H and O–H groups in total. The minimum Gasteiger partial charge on any atom is -0.493 e. The van der Waals surface area contributed by atoms with Gasteiger partial charge >= 0.3 is 0 Å². The molecule has 0 spiro atoms. The zero-order valence-corrected chi connectivity index (χ0v) is 14.5. The summed E-state index contributed by atoms with van der Waals surface area (Å²) < 4.78 is 10.6. The van der Waals surface area contributed by atoms with Crippen LogP contribution in [0.2, 0.25) is 5.02 Å². The topological polar surface area (TPSA) is 67.9 Å². The summed E-state index contributed by atoms with van der Waals surface area (Å²) in [4.78, 5) is 25.4. The number of nitrogens with zero attached hydrogens (tertiary/aromatic N) is 1. The van der Waals surface area contributed by atoms with Gasteiger partial charge in [-0.25, -0.2) is 0 Å². The van der Waals surface area contributed by atoms with Gasteiger partial charge in [-0.15, -0.1) is 6.42 Å². The lowest BCUT2D eigenvalue weighted by atomic mass is 10.1. The molecule has 0 aliphatic carbocycles. The van der Waals surface area contributed by atoms with Gasteiger partial charge in [-0.3, -0.25) is 19.8 Å². The first-order valence-electron chi connectivity index (χ1n) is 6.68. The number of methoxy groups -OCH3 is 1. The van der Waals surface area contributed by atoms with Gasteiger partial charge in [-0.2, -0.15) is 0 Å². The second-order valence-corrected chi connectivity index (χ2v) is 5.50. The van der Waals surface area contributed by atoms with Crippen LogP contribution < -0.4 is 14.8 Å². The van der Waals surface area contributed by atoms with Crippen molar-refractivity contribution in [1.82, 2.24) is 10.2 Å². The molecule has 1 fully saturated rings. The van der Waals surface area contributed by atoms with E-state index in [0.717, 1.165) is 0 Å². The van der Waals surface area contributed by atoms with Crippen LogP contribution in [-0.4, -0.2) is 42.6 Å². The fourth-order valence-electron chi connectivity index (χ4n) is 1.99. The van der Waals surface area contributed by atoms with Gasteiger partial charge in [0.05, 0.1) is 12.1 Å². The van der Waals surface area contributed by atoms with Crippen LogP contribution in [0.4, 0.5) is 0 Å². The number of terminal acetylenes is 1. The smallest absolute Gasteiger partial charge is 0.265 e. The molecule has 1 aromatic rings. The number of nitrogens with one attached hydrogen (secondary N) is 1. The van der Waals surface area contributed by atoms with Crippen LogP contribution in [0.5, 0.6) is 11.5 Å². The second-order valence-electron chi connectivity index (χ2n) is 4.71. The first kappa shape index (κ1) is 17.8. The molecule has 2 rings (SSSR count). The fourth-order valence-corrected chi connectivity index (χ4v) is 2.44. The van der Waals surface area contributed by atoms with Crippen molar-refractivity contribution in [2.24, 2.45) is 0 Å². The Morgan fingerprint density at radius 3 is 2.79 bits per heavy atom. The van der Waals surface area contributed by atoms with Crippen molar-refractivity contribution in [3.05, 3.63) is 28.3 Å². The van der Waals surface area contributed by atoms with Gasteiger partial charge in [-0.1, -0.05) is 17.5 Å². The maximum atomic E-state index is 12.2. The lowest BCUT2D eigenvalue weighted by Gasteiger charge is -2.25. The van der Waals surface area contributed by atoms with E-state index in [1.165, 1.54) is 31.2 Å². The first-order chi connectivity index (χ1) is 11.4. The summed E-state index contributed by atoms with van der Waals surface area (Å²) in [5.41, 5.74) is 0.422. The van der Waals surface area contributed by atoms with Crippen LogP contribution >= 0.6 is 23.8 Å². The summed E-state index contributed by atoms with van der Waals surface area (Å²) >= 11 is 11.1. The van der Waals surface area contributed by atoms with Gasteiger partial charge in [-0.05, 0) is 36.0 Å². The SMILES string of the molecule is C#CCOc1c(Cl)cc(/C=C2\C(=O)NC(=S)N(C)C2=O)cc1OC.